The number of benzene rings is 1. The molecule has 1 aliphatic heterocycles. The fourth-order valence-electron chi connectivity index (χ4n) is 1.63. The number of carbonyl (C=O) groups is 1. The van der Waals surface area contributed by atoms with Gasteiger partial charge in [-0.1, -0.05) is 6.07 Å². The van der Waals surface area contributed by atoms with Gasteiger partial charge in [0.25, 0.3) is 0 Å². The van der Waals surface area contributed by atoms with Crippen LogP contribution in [0, 0.1) is 0 Å². The highest BCUT2D eigenvalue weighted by Gasteiger charge is 2.23. The molecule has 0 unspecified atom stereocenters. The van der Waals surface area contributed by atoms with E-state index in [1.807, 2.05) is 0 Å². The first-order valence-electron chi connectivity index (χ1n) is 5.13. The summed E-state index contributed by atoms with van der Waals surface area (Å²) in [4.78, 5) is 10.5. The van der Waals surface area contributed by atoms with Crippen LogP contribution in [0.4, 0.5) is 0 Å². The minimum atomic E-state index is -1.57. The molecule has 2 atom stereocenters. The van der Waals surface area contributed by atoms with E-state index in [2.05, 4.69) is 0 Å². The zero-order valence-electron chi connectivity index (χ0n) is 9.41. The van der Waals surface area contributed by atoms with E-state index < -0.39 is 18.1 Å². The van der Waals surface area contributed by atoms with Gasteiger partial charge in [-0.2, -0.15) is 0 Å². The summed E-state index contributed by atoms with van der Waals surface area (Å²) < 4.78 is 10.3. The van der Waals surface area contributed by atoms with Crippen molar-refractivity contribution in [2.75, 3.05) is 6.79 Å². The van der Waals surface area contributed by atoms with Gasteiger partial charge in [0.05, 0.1) is 0 Å². The van der Waals surface area contributed by atoms with Gasteiger partial charge in [-0.25, -0.2) is 4.79 Å². The number of carboxylic acids is 1. The summed E-state index contributed by atoms with van der Waals surface area (Å²) in [7, 11) is 0. The number of nitrogens with two attached hydrogens (primary N) is 1. The van der Waals surface area contributed by atoms with Crippen LogP contribution in [0.5, 0.6) is 11.5 Å². The van der Waals surface area contributed by atoms with E-state index in [1.165, 1.54) is 0 Å². The number of aliphatic hydroxyl groups is 1. The first kappa shape index (κ1) is 14.6. The highest BCUT2D eigenvalue weighted by atomic mass is 35.5. The van der Waals surface area contributed by atoms with Gasteiger partial charge < -0.3 is 25.4 Å². The molecule has 1 aliphatic rings. The summed E-state index contributed by atoms with van der Waals surface area (Å²) in [5.74, 6) is -0.0566. The molecule has 1 aromatic rings. The van der Waals surface area contributed by atoms with E-state index >= 15 is 0 Å². The molecule has 0 aromatic heterocycles. The molecule has 0 bridgehead atoms. The lowest BCUT2D eigenvalue weighted by atomic mass is 10.0. The van der Waals surface area contributed by atoms with Gasteiger partial charge >= 0.3 is 5.97 Å². The molecular formula is C11H14ClNO5. The number of carboxylic acid groups (broad SMARTS) is 1. The molecule has 0 saturated carbocycles. The van der Waals surface area contributed by atoms with Crippen LogP contribution in [0.3, 0.4) is 0 Å². The molecule has 0 amide bonds. The Morgan fingerprint density at radius 3 is 2.72 bits per heavy atom. The third-order valence-corrected chi connectivity index (χ3v) is 2.57. The van der Waals surface area contributed by atoms with Crippen LogP contribution < -0.4 is 15.2 Å². The zero-order valence-corrected chi connectivity index (χ0v) is 10.2. The Bertz CT molecular complexity index is 439. The summed E-state index contributed by atoms with van der Waals surface area (Å²) in [6.07, 6.45) is -1.31. The molecule has 1 aromatic carbocycles. The SMILES string of the molecule is Cl.N[C@@H](Cc1ccc2c(c1)OCO2)[C@H](O)C(=O)O. The van der Waals surface area contributed by atoms with Crippen molar-refractivity contribution in [2.45, 2.75) is 18.6 Å². The Labute approximate surface area is 110 Å². The van der Waals surface area contributed by atoms with E-state index in [4.69, 9.17) is 20.3 Å². The van der Waals surface area contributed by atoms with Crippen molar-refractivity contribution in [3.63, 3.8) is 0 Å². The second-order valence-corrected chi connectivity index (χ2v) is 3.84. The summed E-state index contributed by atoms with van der Waals surface area (Å²) in [5, 5.41) is 17.9. The van der Waals surface area contributed by atoms with Crippen molar-refractivity contribution in [3.05, 3.63) is 23.8 Å². The third-order valence-electron chi connectivity index (χ3n) is 2.57. The van der Waals surface area contributed by atoms with Crippen LogP contribution in [0.1, 0.15) is 5.56 Å². The van der Waals surface area contributed by atoms with E-state index in [9.17, 15) is 9.90 Å². The average Bonchev–Trinajstić information content (AvgIpc) is 2.74. The van der Waals surface area contributed by atoms with Crippen molar-refractivity contribution in [1.82, 2.24) is 0 Å². The Hall–Kier alpha value is -1.50. The number of fused-ring (bicyclic) bond motifs is 1. The summed E-state index contributed by atoms with van der Waals surface area (Å²) in [5.41, 5.74) is 6.39. The van der Waals surface area contributed by atoms with E-state index in [0.29, 0.717) is 11.5 Å². The van der Waals surface area contributed by atoms with Crippen LogP contribution >= 0.6 is 12.4 Å². The Kier molecular flexibility index (Phi) is 4.77. The van der Waals surface area contributed by atoms with Crippen LogP contribution in [-0.2, 0) is 11.2 Å². The Morgan fingerprint density at radius 2 is 2.06 bits per heavy atom. The van der Waals surface area contributed by atoms with Gasteiger partial charge in [-0.05, 0) is 24.1 Å². The molecule has 0 fully saturated rings. The summed E-state index contributed by atoms with van der Waals surface area (Å²) in [6.45, 7) is 0.183. The van der Waals surface area contributed by atoms with Crippen LogP contribution in [0.15, 0.2) is 18.2 Å². The molecule has 18 heavy (non-hydrogen) atoms. The molecule has 1 heterocycles. The second kappa shape index (κ2) is 5.90. The average molecular weight is 276 g/mol. The van der Waals surface area contributed by atoms with Gasteiger partial charge in [0.2, 0.25) is 6.79 Å². The van der Waals surface area contributed by atoms with Gasteiger partial charge in [-0.3, -0.25) is 0 Å². The van der Waals surface area contributed by atoms with Gasteiger partial charge in [0.15, 0.2) is 17.6 Å². The van der Waals surface area contributed by atoms with E-state index in [1.54, 1.807) is 18.2 Å². The molecule has 0 radical (unpaired) electrons. The van der Waals surface area contributed by atoms with Crippen molar-refractivity contribution in [2.24, 2.45) is 5.73 Å². The number of rotatable bonds is 4. The smallest absolute Gasteiger partial charge is 0.334 e. The number of aliphatic hydroxyl groups excluding tert-OH is 1. The molecule has 0 spiro atoms. The number of halogens is 1. The van der Waals surface area contributed by atoms with Gasteiger partial charge in [-0.15, -0.1) is 12.4 Å². The monoisotopic (exact) mass is 275 g/mol. The fraction of sp³-hybridized carbons (Fsp3) is 0.364. The lowest BCUT2D eigenvalue weighted by Gasteiger charge is -2.15. The molecule has 0 saturated heterocycles. The maximum Gasteiger partial charge on any atom is 0.334 e. The van der Waals surface area contributed by atoms with Crippen LogP contribution in [0.25, 0.3) is 0 Å². The Balaban J connectivity index is 0.00000162. The second-order valence-electron chi connectivity index (χ2n) is 3.84. The normalized spacial score (nSPS) is 15.7. The number of hydrogen-bond donors (Lipinski definition) is 3. The highest BCUT2D eigenvalue weighted by Crippen LogP contribution is 2.32. The molecule has 4 N–H and O–H groups in total. The Morgan fingerprint density at radius 1 is 1.39 bits per heavy atom. The standard InChI is InChI=1S/C11H13NO5.ClH/c12-7(10(13)11(14)15)3-6-1-2-8-9(4-6)17-5-16-8;/h1-2,4,7,10,13H,3,5,12H2,(H,14,15);1H/t7-,10-;/m0./s1. The van der Waals surface area contributed by atoms with Gasteiger partial charge in [0, 0.05) is 6.04 Å². The van der Waals surface area contributed by atoms with Crippen molar-refractivity contribution in [3.8, 4) is 11.5 Å². The minimum Gasteiger partial charge on any atom is -0.479 e. The first-order valence-corrected chi connectivity index (χ1v) is 5.13. The number of aliphatic carboxylic acids is 1. The lowest BCUT2D eigenvalue weighted by molar-refractivity contribution is -0.147. The highest BCUT2D eigenvalue weighted by molar-refractivity contribution is 5.85. The van der Waals surface area contributed by atoms with Gasteiger partial charge in [0.1, 0.15) is 0 Å². The summed E-state index contributed by atoms with van der Waals surface area (Å²) >= 11 is 0. The van der Waals surface area contributed by atoms with Crippen molar-refractivity contribution in [1.29, 1.82) is 0 Å². The molecular weight excluding hydrogens is 262 g/mol. The lowest BCUT2D eigenvalue weighted by Crippen LogP contribution is -2.41. The molecule has 0 aliphatic carbocycles. The van der Waals surface area contributed by atoms with Crippen LogP contribution in [0.2, 0.25) is 0 Å². The molecule has 7 heteroatoms. The van der Waals surface area contributed by atoms with Crippen molar-refractivity contribution < 1.29 is 24.5 Å². The molecule has 2 rings (SSSR count). The quantitative estimate of drug-likeness (QED) is 0.723. The topological polar surface area (TPSA) is 102 Å². The molecule has 6 nitrogen and oxygen atoms in total. The zero-order chi connectivity index (χ0) is 12.4. The van der Waals surface area contributed by atoms with E-state index in [0.717, 1.165) is 5.56 Å². The van der Waals surface area contributed by atoms with Crippen LogP contribution in [-0.4, -0.2) is 35.1 Å². The first-order chi connectivity index (χ1) is 8.08. The maximum atomic E-state index is 10.5. The molecule has 100 valence electrons. The number of hydrogen-bond acceptors (Lipinski definition) is 5. The fourth-order valence-corrected chi connectivity index (χ4v) is 1.63. The minimum absolute atomic E-state index is 0. The van der Waals surface area contributed by atoms with E-state index in [-0.39, 0.29) is 25.6 Å². The maximum absolute atomic E-state index is 10.5. The van der Waals surface area contributed by atoms with Crippen molar-refractivity contribution >= 4 is 18.4 Å². The predicted octanol–water partition coefficient (Wildman–Crippen LogP) is 0.152. The largest absolute Gasteiger partial charge is 0.479 e. The third kappa shape index (κ3) is 3.04. The summed E-state index contributed by atoms with van der Waals surface area (Å²) in [6, 6.07) is 4.38. The predicted molar refractivity (Wildman–Crippen MR) is 65.1 cm³/mol. The number of ether oxygens (including phenoxy) is 2.